The van der Waals surface area contributed by atoms with Gasteiger partial charge in [0.25, 0.3) is 0 Å². The van der Waals surface area contributed by atoms with E-state index in [-0.39, 0.29) is 6.04 Å². The van der Waals surface area contributed by atoms with Crippen LogP contribution in [-0.2, 0) is 4.74 Å². The first-order valence-corrected chi connectivity index (χ1v) is 6.50. The molecule has 1 rings (SSSR count). The number of nitrogens with zero attached hydrogens (tertiary/aromatic N) is 2. The first-order chi connectivity index (χ1) is 8.54. The third kappa shape index (κ3) is 4.63. The highest BCUT2D eigenvalue weighted by Gasteiger charge is 2.10. The number of methoxy groups -OCH3 is 1. The first-order valence-electron chi connectivity index (χ1n) is 6.50. The molecule has 0 radical (unpaired) electrons. The molecule has 1 heterocycles. The molecule has 0 aliphatic carbocycles. The van der Waals surface area contributed by atoms with Crippen molar-refractivity contribution in [2.45, 2.75) is 26.8 Å². The summed E-state index contributed by atoms with van der Waals surface area (Å²) >= 11 is 0. The molecule has 18 heavy (non-hydrogen) atoms. The van der Waals surface area contributed by atoms with Gasteiger partial charge in [0, 0.05) is 32.4 Å². The molecule has 0 spiro atoms. The molecule has 0 saturated carbocycles. The Hall–Kier alpha value is -1.13. The Morgan fingerprint density at radius 1 is 1.33 bits per heavy atom. The van der Waals surface area contributed by atoms with Crippen molar-refractivity contribution >= 4 is 5.82 Å². The Labute approximate surface area is 110 Å². The SMILES string of the molecule is COCCN(CC(C)C)c1ccc([C@@H](C)N)cn1. The molecule has 0 unspecified atom stereocenters. The molecule has 2 N–H and O–H groups in total. The molecule has 0 bridgehead atoms. The Bertz CT molecular complexity index is 335. The van der Waals surface area contributed by atoms with E-state index in [0.717, 1.165) is 24.5 Å². The molecular weight excluding hydrogens is 226 g/mol. The second kappa shape index (κ2) is 7.34. The van der Waals surface area contributed by atoms with E-state index in [4.69, 9.17) is 10.5 Å². The van der Waals surface area contributed by atoms with Crippen molar-refractivity contribution in [3.05, 3.63) is 23.9 Å². The number of rotatable bonds is 7. The van der Waals surface area contributed by atoms with E-state index in [0.29, 0.717) is 12.5 Å². The van der Waals surface area contributed by atoms with E-state index in [1.165, 1.54) is 0 Å². The summed E-state index contributed by atoms with van der Waals surface area (Å²) in [5.74, 6) is 1.59. The molecule has 0 saturated heterocycles. The molecule has 0 aromatic carbocycles. The molecule has 1 aromatic rings. The average Bonchev–Trinajstić information content (AvgIpc) is 2.34. The molecule has 0 fully saturated rings. The van der Waals surface area contributed by atoms with Crippen molar-refractivity contribution in [3.8, 4) is 0 Å². The minimum Gasteiger partial charge on any atom is -0.383 e. The van der Waals surface area contributed by atoms with Gasteiger partial charge in [0.2, 0.25) is 0 Å². The van der Waals surface area contributed by atoms with Gasteiger partial charge in [-0.2, -0.15) is 0 Å². The van der Waals surface area contributed by atoms with Crippen LogP contribution in [0.15, 0.2) is 18.3 Å². The van der Waals surface area contributed by atoms with E-state index in [9.17, 15) is 0 Å². The molecule has 0 aliphatic heterocycles. The summed E-state index contributed by atoms with van der Waals surface area (Å²) in [7, 11) is 1.72. The number of nitrogens with two attached hydrogens (primary N) is 1. The molecule has 0 aliphatic rings. The lowest BCUT2D eigenvalue weighted by atomic mass is 10.1. The van der Waals surface area contributed by atoms with Gasteiger partial charge in [-0.15, -0.1) is 0 Å². The summed E-state index contributed by atoms with van der Waals surface area (Å²) in [5, 5.41) is 0. The van der Waals surface area contributed by atoms with E-state index in [1.54, 1.807) is 7.11 Å². The lowest BCUT2D eigenvalue weighted by Gasteiger charge is -2.25. The van der Waals surface area contributed by atoms with Crippen molar-refractivity contribution in [1.29, 1.82) is 0 Å². The van der Waals surface area contributed by atoms with Gasteiger partial charge < -0.3 is 15.4 Å². The number of hydrogen-bond donors (Lipinski definition) is 1. The number of ether oxygens (including phenoxy) is 1. The van der Waals surface area contributed by atoms with Crippen molar-refractivity contribution in [2.75, 3.05) is 31.7 Å². The van der Waals surface area contributed by atoms with E-state index in [1.807, 2.05) is 25.3 Å². The van der Waals surface area contributed by atoms with E-state index in [2.05, 4.69) is 23.7 Å². The average molecular weight is 251 g/mol. The molecule has 0 amide bonds. The third-order valence-corrected chi connectivity index (χ3v) is 2.77. The summed E-state index contributed by atoms with van der Waals surface area (Å²) in [4.78, 5) is 6.75. The molecule has 1 atom stereocenters. The summed E-state index contributed by atoms with van der Waals surface area (Å²) in [5.41, 5.74) is 6.89. The fourth-order valence-corrected chi connectivity index (χ4v) is 1.80. The third-order valence-electron chi connectivity index (χ3n) is 2.77. The van der Waals surface area contributed by atoms with Crippen molar-refractivity contribution in [2.24, 2.45) is 11.7 Å². The topological polar surface area (TPSA) is 51.4 Å². The summed E-state index contributed by atoms with van der Waals surface area (Å²) in [6.45, 7) is 8.93. The van der Waals surface area contributed by atoms with Crippen LogP contribution >= 0.6 is 0 Å². The van der Waals surface area contributed by atoms with Crippen LogP contribution in [-0.4, -0.2) is 31.8 Å². The minimum atomic E-state index is 0.0315. The number of pyridine rings is 1. The van der Waals surface area contributed by atoms with Crippen LogP contribution in [0.5, 0.6) is 0 Å². The Morgan fingerprint density at radius 2 is 2.06 bits per heavy atom. The van der Waals surface area contributed by atoms with Gasteiger partial charge in [-0.25, -0.2) is 4.98 Å². The van der Waals surface area contributed by atoms with Crippen LogP contribution in [0, 0.1) is 5.92 Å². The largest absolute Gasteiger partial charge is 0.383 e. The number of aromatic nitrogens is 1. The first kappa shape index (κ1) is 14.9. The lowest BCUT2D eigenvalue weighted by Crippen LogP contribution is -2.31. The van der Waals surface area contributed by atoms with Gasteiger partial charge in [-0.05, 0) is 24.5 Å². The maximum absolute atomic E-state index is 5.83. The predicted octanol–water partition coefficient (Wildman–Crippen LogP) is 2.21. The monoisotopic (exact) mass is 251 g/mol. The zero-order valence-corrected chi connectivity index (χ0v) is 11.9. The van der Waals surface area contributed by atoms with Crippen molar-refractivity contribution in [3.63, 3.8) is 0 Å². The van der Waals surface area contributed by atoms with Crippen molar-refractivity contribution < 1.29 is 4.74 Å². The van der Waals surface area contributed by atoms with Crippen LogP contribution in [0.2, 0.25) is 0 Å². The van der Waals surface area contributed by atoms with Crippen LogP contribution in [0.1, 0.15) is 32.4 Å². The summed E-state index contributed by atoms with van der Waals surface area (Å²) in [6.07, 6.45) is 1.86. The second-order valence-electron chi connectivity index (χ2n) is 5.07. The van der Waals surface area contributed by atoms with Crippen molar-refractivity contribution in [1.82, 2.24) is 4.98 Å². The zero-order chi connectivity index (χ0) is 13.5. The Morgan fingerprint density at radius 3 is 2.50 bits per heavy atom. The maximum atomic E-state index is 5.83. The highest BCUT2D eigenvalue weighted by molar-refractivity contribution is 5.39. The summed E-state index contributed by atoms with van der Waals surface area (Å²) < 4.78 is 5.15. The fourth-order valence-electron chi connectivity index (χ4n) is 1.80. The maximum Gasteiger partial charge on any atom is 0.128 e. The molecule has 4 heteroatoms. The van der Waals surface area contributed by atoms with Gasteiger partial charge in [0.1, 0.15) is 5.82 Å². The van der Waals surface area contributed by atoms with Crippen LogP contribution in [0.3, 0.4) is 0 Å². The van der Waals surface area contributed by atoms with Crippen LogP contribution in [0.25, 0.3) is 0 Å². The molecule has 102 valence electrons. The molecule has 4 nitrogen and oxygen atoms in total. The van der Waals surface area contributed by atoms with Gasteiger partial charge in [-0.1, -0.05) is 19.9 Å². The summed E-state index contributed by atoms with van der Waals surface area (Å²) in [6, 6.07) is 4.12. The van der Waals surface area contributed by atoms with E-state index >= 15 is 0 Å². The van der Waals surface area contributed by atoms with Gasteiger partial charge in [0.15, 0.2) is 0 Å². The molecular formula is C14H25N3O. The second-order valence-corrected chi connectivity index (χ2v) is 5.07. The molecule has 1 aromatic heterocycles. The fraction of sp³-hybridized carbons (Fsp3) is 0.643. The number of hydrogen-bond acceptors (Lipinski definition) is 4. The van der Waals surface area contributed by atoms with Gasteiger partial charge >= 0.3 is 0 Å². The predicted molar refractivity (Wildman–Crippen MR) is 75.8 cm³/mol. The van der Waals surface area contributed by atoms with Crippen LogP contribution < -0.4 is 10.6 Å². The highest BCUT2D eigenvalue weighted by Crippen LogP contribution is 2.15. The van der Waals surface area contributed by atoms with Gasteiger partial charge in [-0.3, -0.25) is 0 Å². The lowest BCUT2D eigenvalue weighted by molar-refractivity contribution is 0.204. The minimum absolute atomic E-state index is 0.0315. The Kier molecular flexibility index (Phi) is 6.09. The standard InChI is InChI=1S/C14H25N3O/c1-11(2)10-17(7-8-18-4)14-6-5-13(9-16-14)12(3)15/h5-6,9,11-12H,7-8,10,15H2,1-4H3/t12-/m1/s1. The van der Waals surface area contributed by atoms with E-state index < -0.39 is 0 Å². The highest BCUT2D eigenvalue weighted by atomic mass is 16.5. The zero-order valence-electron chi connectivity index (χ0n) is 11.9. The number of anilines is 1. The quantitative estimate of drug-likeness (QED) is 0.807. The van der Waals surface area contributed by atoms with Gasteiger partial charge in [0.05, 0.1) is 6.61 Å². The Balaban J connectivity index is 2.77. The normalized spacial score (nSPS) is 12.8. The smallest absolute Gasteiger partial charge is 0.128 e. The van der Waals surface area contributed by atoms with Crippen LogP contribution in [0.4, 0.5) is 5.82 Å².